The Balaban J connectivity index is 1.69. The van der Waals surface area contributed by atoms with Crippen LogP contribution in [-0.4, -0.2) is 16.1 Å². The second-order valence-corrected chi connectivity index (χ2v) is 5.18. The minimum Gasteiger partial charge on any atom is -0.330 e. The molecule has 2 atom stereocenters. The third-order valence-corrected chi connectivity index (χ3v) is 3.85. The molecule has 1 heterocycles. The molecule has 0 aliphatic heterocycles. The van der Waals surface area contributed by atoms with Crippen molar-refractivity contribution < 1.29 is 0 Å². The predicted octanol–water partition coefficient (Wildman–Crippen LogP) is 2.32. The van der Waals surface area contributed by atoms with Gasteiger partial charge in [-0.25, -0.2) is 4.98 Å². The Morgan fingerprint density at radius 1 is 1.41 bits per heavy atom. The van der Waals surface area contributed by atoms with E-state index in [0.29, 0.717) is 0 Å². The number of hydrogen-bond donors (Lipinski definition) is 1. The van der Waals surface area contributed by atoms with E-state index in [1.165, 1.54) is 11.9 Å². The van der Waals surface area contributed by atoms with Crippen LogP contribution in [0.2, 0.25) is 0 Å². The molecule has 3 heteroatoms. The van der Waals surface area contributed by atoms with Crippen LogP contribution in [0.5, 0.6) is 0 Å². The summed E-state index contributed by atoms with van der Waals surface area (Å²) in [6, 6.07) is 8.29. The van der Waals surface area contributed by atoms with E-state index >= 15 is 0 Å². The number of nitrogens with zero attached hydrogens (tertiary/aromatic N) is 2. The zero-order chi connectivity index (χ0) is 11.8. The molecule has 1 fully saturated rings. The molecule has 1 aliphatic rings. The number of nitrogens with one attached hydrogen (secondary N) is 1. The molecule has 0 spiro atoms. The van der Waals surface area contributed by atoms with Crippen molar-refractivity contribution in [3.63, 3.8) is 0 Å². The zero-order valence-corrected chi connectivity index (χ0v) is 10.5. The molecule has 1 aromatic carbocycles. The van der Waals surface area contributed by atoms with E-state index in [2.05, 4.69) is 47.0 Å². The van der Waals surface area contributed by atoms with Crippen molar-refractivity contribution in [2.24, 2.45) is 18.9 Å². The van der Waals surface area contributed by atoms with Crippen molar-refractivity contribution in [1.82, 2.24) is 14.9 Å². The second-order valence-electron chi connectivity index (χ2n) is 5.18. The van der Waals surface area contributed by atoms with Gasteiger partial charge in [0.05, 0.1) is 17.6 Å². The maximum atomic E-state index is 4.65. The summed E-state index contributed by atoms with van der Waals surface area (Å²) in [7, 11) is 2.09. The van der Waals surface area contributed by atoms with Gasteiger partial charge in [-0.3, -0.25) is 0 Å². The van der Waals surface area contributed by atoms with E-state index in [1.54, 1.807) is 0 Å². The van der Waals surface area contributed by atoms with Crippen LogP contribution in [0.1, 0.15) is 19.2 Å². The van der Waals surface area contributed by atoms with Crippen molar-refractivity contribution in [1.29, 1.82) is 0 Å². The molecule has 1 aliphatic carbocycles. The number of hydrogen-bond acceptors (Lipinski definition) is 2. The first-order chi connectivity index (χ1) is 8.25. The molecule has 1 N–H and O–H groups in total. The molecule has 0 bridgehead atoms. The molecule has 1 saturated carbocycles. The molecule has 3 nitrogen and oxygen atoms in total. The highest BCUT2D eigenvalue weighted by atomic mass is 15.1. The summed E-state index contributed by atoms with van der Waals surface area (Å²) in [6.07, 6.45) is 1.38. The molecule has 2 unspecified atom stereocenters. The van der Waals surface area contributed by atoms with Crippen LogP contribution in [-0.2, 0) is 13.6 Å². The largest absolute Gasteiger partial charge is 0.330 e. The number of para-hydroxylation sites is 2. The monoisotopic (exact) mass is 229 g/mol. The molecule has 0 radical (unpaired) electrons. The van der Waals surface area contributed by atoms with E-state index in [0.717, 1.165) is 36.3 Å². The van der Waals surface area contributed by atoms with Crippen LogP contribution >= 0.6 is 0 Å². The number of benzene rings is 1. The van der Waals surface area contributed by atoms with Crippen LogP contribution < -0.4 is 5.32 Å². The van der Waals surface area contributed by atoms with Gasteiger partial charge in [0.1, 0.15) is 5.82 Å². The molecule has 90 valence electrons. The van der Waals surface area contributed by atoms with Crippen molar-refractivity contribution in [2.45, 2.75) is 19.9 Å². The highest BCUT2D eigenvalue weighted by Gasteiger charge is 2.31. The Morgan fingerprint density at radius 3 is 2.88 bits per heavy atom. The molecule has 1 aromatic heterocycles. The van der Waals surface area contributed by atoms with Crippen LogP contribution in [0.3, 0.4) is 0 Å². The minimum absolute atomic E-state index is 0.869. The number of aromatic nitrogens is 2. The molecular formula is C14H19N3. The van der Waals surface area contributed by atoms with Gasteiger partial charge >= 0.3 is 0 Å². The second kappa shape index (κ2) is 4.15. The quantitative estimate of drug-likeness (QED) is 0.872. The van der Waals surface area contributed by atoms with E-state index in [4.69, 9.17) is 0 Å². The molecule has 0 saturated heterocycles. The predicted molar refractivity (Wildman–Crippen MR) is 69.7 cm³/mol. The topological polar surface area (TPSA) is 29.9 Å². The third kappa shape index (κ3) is 2.07. The Morgan fingerprint density at radius 2 is 2.18 bits per heavy atom. The summed E-state index contributed by atoms with van der Waals surface area (Å²) in [5.74, 6) is 2.94. The number of aryl methyl sites for hydroxylation is 1. The lowest BCUT2D eigenvalue weighted by molar-refractivity contribution is 0.588. The highest BCUT2D eigenvalue weighted by molar-refractivity contribution is 5.75. The Bertz CT molecular complexity index is 529. The molecule has 0 amide bonds. The molecular weight excluding hydrogens is 210 g/mol. The van der Waals surface area contributed by atoms with Gasteiger partial charge < -0.3 is 9.88 Å². The van der Waals surface area contributed by atoms with Crippen molar-refractivity contribution in [3.05, 3.63) is 30.1 Å². The Hall–Kier alpha value is -1.35. The average molecular weight is 229 g/mol. The number of fused-ring (bicyclic) bond motifs is 1. The molecule has 2 aromatic rings. The van der Waals surface area contributed by atoms with Gasteiger partial charge in [0.25, 0.3) is 0 Å². The van der Waals surface area contributed by atoms with Crippen LogP contribution in [0.4, 0.5) is 0 Å². The van der Waals surface area contributed by atoms with Crippen molar-refractivity contribution in [3.8, 4) is 0 Å². The van der Waals surface area contributed by atoms with Crippen LogP contribution in [0, 0.1) is 11.8 Å². The lowest BCUT2D eigenvalue weighted by Crippen LogP contribution is -2.19. The summed E-state index contributed by atoms with van der Waals surface area (Å²) >= 11 is 0. The maximum Gasteiger partial charge on any atom is 0.123 e. The standard InChI is InChI=1S/C14H19N3/c1-10-7-11(10)8-15-9-14-16-12-5-3-4-6-13(12)17(14)2/h3-6,10-11,15H,7-9H2,1-2H3. The van der Waals surface area contributed by atoms with E-state index in [-0.39, 0.29) is 0 Å². The first-order valence-electron chi connectivity index (χ1n) is 6.37. The first-order valence-corrected chi connectivity index (χ1v) is 6.37. The number of rotatable bonds is 4. The van der Waals surface area contributed by atoms with Gasteiger partial charge in [-0.2, -0.15) is 0 Å². The zero-order valence-electron chi connectivity index (χ0n) is 10.5. The van der Waals surface area contributed by atoms with E-state index < -0.39 is 0 Å². The fraction of sp³-hybridized carbons (Fsp3) is 0.500. The Labute approximate surface area is 102 Å². The highest BCUT2D eigenvalue weighted by Crippen LogP contribution is 2.36. The van der Waals surface area contributed by atoms with E-state index in [1.807, 2.05) is 6.07 Å². The fourth-order valence-electron chi connectivity index (χ4n) is 2.41. The van der Waals surface area contributed by atoms with Gasteiger partial charge in [0, 0.05) is 7.05 Å². The van der Waals surface area contributed by atoms with Crippen molar-refractivity contribution in [2.75, 3.05) is 6.54 Å². The van der Waals surface area contributed by atoms with Gasteiger partial charge in [0.2, 0.25) is 0 Å². The van der Waals surface area contributed by atoms with Crippen molar-refractivity contribution >= 4 is 11.0 Å². The SMILES string of the molecule is CC1CC1CNCc1nc2ccccc2n1C. The molecule has 17 heavy (non-hydrogen) atoms. The van der Waals surface area contributed by atoms with Crippen LogP contribution in [0.15, 0.2) is 24.3 Å². The lowest BCUT2D eigenvalue weighted by Gasteiger charge is -2.04. The van der Waals surface area contributed by atoms with Gasteiger partial charge in [-0.1, -0.05) is 19.1 Å². The summed E-state index contributed by atoms with van der Waals surface area (Å²) in [4.78, 5) is 4.65. The number of imidazole rings is 1. The van der Waals surface area contributed by atoms with Gasteiger partial charge in [-0.15, -0.1) is 0 Å². The summed E-state index contributed by atoms with van der Waals surface area (Å²) in [5, 5.41) is 3.51. The fourth-order valence-corrected chi connectivity index (χ4v) is 2.41. The lowest BCUT2D eigenvalue weighted by atomic mass is 10.3. The normalized spacial score (nSPS) is 23.2. The van der Waals surface area contributed by atoms with Crippen LogP contribution in [0.25, 0.3) is 11.0 Å². The first kappa shape index (κ1) is 10.8. The summed E-state index contributed by atoms with van der Waals surface area (Å²) < 4.78 is 2.18. The van der Waals surface area contributed by atoms with E-state index in [9.17, 15) is 0 Å². The van der Waals surface area contributed by atoms with Gasteiger partial charge in [-0.05, 0) is 36.9 Å². The molecule has 3 rings (SSSR count). The van der Waals surface area contributed by atoms with Gasteiger partial charge in [0.15, 0.2) is 0 Å². The minimum atomic E-state index is 0.869. The third-order valence-electron chi connectivity index (χ3n) is 3.85. The maximum absolute atomic E-state index is 4.65. The average Bonchev–Trinajstić information content (AvgIpc) is 2.94. The summed E-state index contributed by atoms with van der Waals surface area (Å²) in [5.41, 5.74) is 2.30. The summed E-state index contributed by atoms with van der Waals surface area (Å²) in [6.45, 7) is 4.32. The Kier molecular flexibility index (Phi) is 2.63. The smallest absolute Gasteiger partial charge is 0.123 e.